The average Bonchev–Trinajstić information content (AvgIpc) is 3.10. The van der Waals surface area contributed by atoms with Crippen LogP contribution in [-0.2, 0) is 21.2 Å². The van der Waals surface area contributed by atoms with E-state index in [-0.39, 0.29) is 11.3 Å². The van der Waals surface area contributed by atoms with Crippen LogP contribution in [0.2, 0.25) is 0 Å². The number of sulfonamides is 1. The van der Waals surface area contributed by atoms with Crippen molar-refractivity contribution < 1.29 is 18.3 Å². The first-order chi connectivity index (χ1) is 13.2. The van der Waals surface area contributed by atoms with Crippen molar-refractivity contribution in [2.45, 2.75) is 31.6 Å². The number of hydrogen-bond acceptors (Lipinski definition) is 5. The molecule has 0 bridgehead atoms. The number of hydrogen-bond donors (Lipinski definition) is 2. The number of carbonyl (C=O) groups is 1. The van der Waals surface area contributed by atoms with E-state index in [9.17, 15) is 13.2 Å². The van der Waals surface area contributed by atoms with Crippen molar-refractivity contribution in [1.29, 1.82) is 0 Å². The molecule has 0 aliphatic heterocycles. The van der Waals surface area contributed by atoms with Crippen LogP contribution < -0.4 is 4.72 Å². The lowest BCUT2D eigenvalue weighted by Crippen LogP contribution is -2.12. The number of rotatable bonds is 7. The minimum absolute atomic E-state index is 0.00458. The van der Waals surface area contributed by atoms with E-state index in [4.69, 9.17) is 5.11 Å². The topological polar surface area (TPSA) is 96.4 Å². The van der Waals surface area contributed by atoms with Crippen LogP contribution in [0.5, 0.6) is 0 Å². The molecule has 6 nitrogen and oxygen atoms in total. The van der Waals surface area contributed by atoms with Crippen LogP contribution in [0.4, 0.5) is 5.13 Å². The fraction of sp³-hybridized carbons (Fsp3) is 0.200. The molecular weight excluding hydrogens is 396 g/mol. The molecule has 0 atom stereocenters. The van der Waals surface area contributed by atoms with E-state index >= 15 is 0 Å². The highest BCUT2D eigenvalue weighted by Crippen LogP contribution is 2.29. The Morgan fingerprint density at radius 2 is 1.86 bits per heavy atom. The molecule has 0 saturated heterocycles. The molecule has 0 fully saturated rings. The van der Waals surface area contributed by atoms with Crippen LogP contribution >= 0.6 is 11.3 Å². The predicted molar refractivity (Wildman–Crippen MR) is 110 cm³/mol. The summed E-state index contributed by atoms with van der Waals surface area (Å²) < 4.78 is 27.7. The molecule has 0 aliphatic carbocycles. The highest BCUT2D eigenvalue weighted by atomic mass is 32.2. The smallest absolute Gasteiger partial charge is 0.303 e. The van der Waals surface area contributed by atoms with Crippen LogP contribution in [0.1, 0.15) is 23.1 Å². The van der Waals surface area contributed by atoms with Gasteiger partial charge in [0.2, 0.25) is 0 Å². The average molecular weight is 417 g/mol. The predicted octanol–water partition coefficient (Wildman–Crippen LogP) is 4.24. The molecule has 0 unspecified atom stereocenters. The van der Waals surface area contributed by atoms with Crippen LogP contribution in [-0.4, -0.2) is 24.5 Å². The van der Waals surface area contributed by atoms with Crippen molar-refractivity contribution in [3.05, 3.63) is 64.5 Å². The number of aliphatic carboxylic acids is 1. The highest BCUT2D eigenvalue weighted by Gasteiger charge is 2.17. The summed E-state index contributed by atoms with van der Waals surface area (Å²) in [4.78, 5) is 15.2. The first-order valence-corrected chi connectivity index (χ1v) is 11.0. The van der Waals surface area contributed by atoms with Gasteiger partial charge < -0.3 is 5.11 Å². The van der Waals surface area contributed by atoms with Crippen LogP contribution in [0.3, 0.4) is 0 Å². The molecule has 1 aromatic heterocycles. The quantitative estimate of drug-likeness (QED) is 0.600. The molecule has 1 heterocycles. The summed E-state index contributed by atoms with van der Waals surface area (Å²) in [6.07, 6.45) is 0.361. The van der Waals surface area contributed by atoms with Gasteiger partial charge in [0.25, 0.3) is 10.0 Å². The van der Waals surface area contributed by atoms with Gasteiger partial charge >= 0.3 is 5.97 Å². The van der Waals surface area contributed by atoms with Gasteiger partial charge in [-0.2, -0.15) is 0 Å². The second-order valence-corrected chi connectivity index (χ2v) is 9.04. The first kappa shape index (κ1) is 20.0. The Balaban J connectivity index is 1.77. The fourth-order valence-electron chi connectivity index (χ4n) is 2.72. The second-order valence-electron chi connectivity index (χ2n) is 6.50. The molecule has 146 valence electrons. The normalized spacial score (nSPS) is 11.4. The molecule has 28 heavy (non-hydrogen) atoms. The van der Waals surface area contributed by atoms with E-state index in [0.29, 0.717) is 11.6 Å². The third-order valence-corrected chi connectivity index (χ3v) is 6.50. The Hall–Kier alpha value is -2.71. The molecule has 0 radical (unpaired) electrons. The molecule has 3 aromatic rings. The summed E-state index contributed by atoms with van der Waals surface area (Å²) in [6, 6.07) is 12.3. The molecule has 2 N–H and O–H groups in total. The lowest BCUT2D eigenvalue weighted by molar-refractivity contribution is -0.136. The molecule has 0 amide bonds. The summed E-state index contributed by atoms with van der Waals surface area (Å²) in [5, 5.41) is 10.9. The monoisotopic (exact) mass is 416 g/mol. The lowest BCUT2D eigenvalue weighted by Gasteiger charge is -2.07. The van der Waals surface area contributed by atoms with Gasteiger partial charge in [-0.25, -0.2) is 13.4 Å². The van der Waals surface area contributed by atoms with Gasteiger partial charge in [0.1, 0.15) is 0 Å². The summed E-state index contributed by atoms with van der Waals surface area (Å²) in [7, 11) is -3.77. The third kappa shape index (κ3) is 4.76. The van der Waals surface area contributed by atoms with Crippen molar-refractivity contribution in [3.8, 4) is 11.3 Å². The van der Waals surface area contributed by atoms with Crippen molar-refractivity contribution >= 4 is 32.5 Å². The van der Waals surface area contributed by atoms with Gasteiger partial charge in [0.15, 0.2) is 5.13 Å². The Morgan fingerprint density at radius 1 is 1.14 bits per heavy atom. The summed E-state index contributed by atoms with van der Waals surface area (Å²) >= 11 is 1.23. The molecule has 3 rings (SSSR count). The number of nitrogens with zero attached hydrogens (tertiary/aromatic N) is 1. The van der Waals surface area contributed by atoms with E-state index in [1.165, 1.54) is 23.5 Å². The number of carboxylic acids is 1. The molecule has 0 saturated carbocycles. The zero-order chi connectivity index (χ0) is 20.3. The number of anilines is 1. The van der Waals surface area contributed by atoms with E-state index in [2.05, 4.69) is 9.71 Å². The van der Waals surface area contributed by atoms with Gasteiger partial charge in [0, 0.05) is 17.4 Å². The number of benzene rings is 2. The number of thiazole rings is 1. The van der Waals surface area contributed by atoms with Crippen molar-refractivity contribution in [2.24, 2.45) is 0 Å². The number of aromatic nitrogens is 1. The van der Waals surface area contributed by atoms with Crippen LogP contribution in [0.15, 0.2) is 52.7 Å². The van der Waals surface area contributed by atoms with Crippen molar-refractivity contribution in [1.82, 2.24) is 4.98 Å². The standard InChI is InChI=1S/C20H20N2O4S2/c1-13-3-4-14(2)17(11-13)18-12-27-20(21-18)22-28(25,26)16-8-5-15(6-9-16)7-10-19(23)24/h3-6,8-9,11-12H,7,10H2,1-2H3,(H,21,22)(H,23,24). The molecule has 0 aliphatic rings. The third-order valence-electron chi connectivity index (χ3n) is 4.26. The Morgan fingerprint density at radius 3 is 2.54 bits per heavy atom. The number of aryl methyl sites for hydroxylation is 3. The summed E-state index contributed by atoms with van der Waals surface area (Å²) in [5.74, 6) is -0.887. The Kier molecular flexibility index (Phi) is 5.81. The van der Waals surface area contributed by atoms with Gasteiger partial charge in [-0.1, -0.05) is 29.8 Å². The summed E-state index contributed by atoms with van der Waals surface area (Å²) in [5.41, 5.74) is 4.66. The van der Waals surface area contributed by atoms with Crippen LogP contribution in [0, 0.1) is 13.8 Å². The van der Waals surface area contributed by atoms with Gasteiger partial charge in [-0.3, -0.25) is 9.52 Å². The lowest BCUT2D eigenvalue weighted by atomic mass is 10.0. The highest BCUT2D eigenvalue weighted by molar-refractivity contribution is 7.93. The second kappa shape index (κ2) is 8.12. The van der Waals surface area contributed by atoms with Crippen molar-refractivity contribution in [3.63, 3.8) is 0 Å². The van der Waals surface area contributed by atoms with Crippen molar-refractivity contribution in [2.75, 3.05) is 4.72 Å². The number of nitrogens with one attached hydrogen (secondary N) is 1. The number of carboxylic acid groups (broad SMARTS) is 1. The van der Waals surface area contributed by atoms with E-state index in [0.717, 1.165) is 27.9 Å². The van der Waals surface area contributed by atoms with E-state index in [1.54, 1.807) is 12.1 Å². The molecule has 8 heteroatoms. The zero-order valence-corrected chi connectivity index (χ0v) is 17.1. The maximum Gasteiger partial charge on any atom is 0.303 e. The SMILES string of the molecule is Cc1ccc(C)c(-c2csc(NS(=O)(=O)c3ccc(CCC(=O)O)cc3)n2)c1. The molecule has 0 spiro atoms. The Bertz CT molecular complexity index is 1100. The molecular formula is C20H20N2O4S2. The van der Waals surface area contributed by atoms with E-state index < -0.39 is 16.0 Å². The molecule has 2 aromatic carbocycles. The van der Waals surface area contributed by atoms with Gasteiger partial charge in [-0.15, -0.1) is 11.3 Å². The van der Waals surface area contributed by atoms with Gasteiger partial charge in [-0.05, 0) is 49.6 Å². The largest absolute Gasteiger partial charge is 0.481 e. The first-order valence-electron chi connectivity index (χ1n) is 8.61. The van der Waals surface area contributed by atoms with Gasteiger partial charge in [0.05, 0.1) is 10.6 Å². The minimum atomic E-state index is -3.77. The van der Waals surface area contributed by atoms with E-state index in [1.807, 2.05) is 37.4 Å². The Labute approximate surface area is 167 Å². The maximum atomic E-state index is 12.6. The summed E-state index contributed by atoms with van der Waals surface area (Å²) in [6.45, 7) is 3.99. The van der Waals surface area contributed by atoms with Crippen LogP contribution in [0.25, 0.3) is 11.3 Å². The zero-order valence-electron chi connectivity index (χ0n) is 15.5. The minimum Gasteiger partial charge on any atom is -0.481 e. The maximum absolute atomic E-state index is 12.6. The fourth-order valence-corrected chi connectivity index (χ4v) is 4.68.